The van der Waals surface area contributed by atoms with E-state index >= 15 is 0 Å². The molecule has 2 heterocycles. The molecule has 3 fully saturated rings. The van der Waals surface area contributed by atoms with Gasteiger partial charge in [0.15, 0.2) is 5.78 Å². The molecule has 0 aromatic carbocycles. The molecular formula is C15H21F3O5. The maximum Gasteiger partial charge on any atom is 0.411 e. The normalized spacial score (nSPS) is 43.0. The summed E-state index contributed by atoms with van der Waals surface area (Å²) in [6, 6.07) is 0. The van der Waals surface area contributed by atoms with E-state index in [1.807, 2.05) is 6.92 Å². The summed E-state index contributed by atoms with van der Waals surface area (Å²) >= 11 is 0. The number of methoxy groups -OCH3 is 1. The Balaban J connectivity index is 1.59. The van der Waals surface area contributed by atoms with Crippen LogP contribution in [0.25, 0.3) is 0 Å². The van der Waals surface area contributed by atoms with Crippen molar-refractivity contribution >= 4 is 5.78 Å². The molecule has 8 heteroatoms. The van der Waals surface area contributed by atoms with E-state index in [1.165, 1.54) is 7.11 Å². The van der Waals surface area contributed by atoms with Crippen molar-refractivity contribution in [1.29, 1.82) is 0 Å². The van der Waals surface area contributed by atoms with Gasteiger partial charge in [0.05, 0.1) is 18.6 Å². The van der Waals surface area contributed by atoms with Gasteiger partial charge < -0.3 is 18.9 Å². The van der Waals surface area contributed by atoms with Crippen molar-refractivity contribution in [1.82, 2.24) is 0 Å². The van der Waals surface area contributed by atoms with Gasteiger partial charge in [-0.05, 0) is 19.8 Å². The van der Waals surface area contributed by atoms with Crippen molar-refractivity contribution in [3.05, 3.63) is 0 Å². The highest BCUT2D eigenvalue weighted by atomic mass is 19.4. The smallest absolute Gasteiger partial charge is 0.373 e. The van der Waals surface area contributed by atoms with Gasteiger partial charge in [0.25, 0.3) is 0 Å². The average Bonchev–Trinajstić information content (AvgIpc) is 3.36. The minimum absolute atomic E-state index is 0.0300. The summed E-state index contributed by atoms with van der Waals surface area (Å²) in [5.74, 6) is -0.198. The van der Waals surface area contributed by atoms with E-state index in [4.69, 9.17) is 14.2 Å². The van der Waals surface area contributed by atoms with Crippen molar-refractivity contribution in [2.75, 3.05) is 26.9 Å². The molecular weight excluding hydrogens is 317 g/mol. The standard InChI is InChI=1S/C15H21F3O5/c1-13(10(23-13)4-6-21-8-15(16,17)18)12-11(20-2)9(19)3-5-14(12)7-22-14/h10-12H,3-8H2,1-2H3/t10-,11-,12-,13+,14+/m1/s1. The molecule has 5 nitrogen and oxygen atoms in total. The molecule has 0 N–H and O–H groups in total. The summed E-state index contributed by atoms with van der Waals surface area (Å²) in [6.07, 6.45) is -3.74. The van der Waals surface area contributed by atoms with Crippen molar-refractivity contribution < 1.29 is 36.9 Å². The van der Waals surface area contributed by atoms with Gasteiger partial charge in [0, 0.05) is 20.1 Å². The summed E-state index contributed by atoms with van der Waals surface area (Å²) < 4.78 is 57.6. The van der Waals surface area contributed by atoms with Crippen LogP contribution >= 0.6 is 0 Å². The number of ether oxygens (including phenoxy) is 4. The Morgan fingerprint density at radius 2 is 2.09 bits per heavy atom. The van der Waals surface area contributed by atoms with Crippen molar-refractivity contribution in [3.8, 4) is 0 Å². The van der Waals surface area contributed by atoms with Crippen LogP contribution in [-0.2, 0) is 23.7 Å². The third kappa shape index (κ3) is 3.26. The van der Waals surface area contributed by atoms with E-state index in [2.05, 4.69) is 4.74 Å². The lowest BCUT2D eigenvalue weighted by molar-refractivity contribution is -0.174. The Kier molecular flexibility index (Phi) is 4.23. The third-order valence-corrected chi connectivity index (χ3v) is 5.14. The molecule has 1 saturated carbocycles. The summed E-state index contributed by atoms with van der Waals surface area (Å²) in [5.41, 5.74) is -1.00. The lowest BCUT2D eigenvalue weighted by Gasteiger charge is -2.37. The zero-order valence-electron chi connectivity index (χ0n) is 13.1. The first-order chi connectivity index (χ1) is 10.7. The topological polar surface area (TPSA) is 60.6 Å². The number of hydrogen-bond donors (Lipinski definition) is 0. The van der Waals surface area contributed by atoms with Crippen LogP contribution in [0.1, 0.15) is 26.2 Å². The van der Waals surface area contributed by atoms with E-state index in [-0.39, 0.29) is 30.0 Å². The number of ketones is 1. The van der Waals surface area contributed by atoms with Crippen LogP contribution in [-0.4, -0.2) is 62.3 Å². The molecule has 0 aromatic heterocycles. The quantitative estimate of drug-likeness (QED) is 0.547. The number of hydrogen-bond acceptors (Lipinski definition) is 5. The number of epoxide rings is 2. The molecule has 3 aliphatic rings. The number of Topliss-reactive ketones (excluding diaryl/α,β-unsaturated/α-hetero) is 1. The molecule has 2 aliphatic heterocycles. The lowest BCUT2D eigenvalue weighted by Crippen LogP contribution is -2.53. The molecule has 5 atom stereocenters. The predicted molar refractivity (Wildman–Crippen MR) is 72.0 cm³/mol. The number of carbonyl (C=O) groups is 1. The Hall–Kier alpha value is -0.700. The van der Waals surface area contributed by atoms with Crippen LogP contribution in [0, 0.1) is 5.92 Å². The molecule has 132 valence electrons. The number of alkyl halides is 3. The zero-order chi connectivity index (χ0) is 16.9. The molecule has 23 heavy (non-hydrogen) atoms. The SMILES string of the molecule is CO[C@@H]1C(=O)CC[C@]2(CO2)[C@H]1[C@@]1(C)O[C@@H]1CCOCC(F)(F)F. The van der Waals surface area contributed by atoms with Gasteiger partial charge in [-0.2, -0.15) is 13.2 Å². The average molecular weight is 338 g/mol. The van der Waals surface area contributed by atoms with Crippen LogP contribution in [0.2, 0.25) is 0 Å². The van der Waals surface area contributed by atoms with E-state index in [9.17, 15) is 18.0 Å². The van der Waals surface area contributed by atoms with Gasteiger partial charge in [0.1, 0.15) is 23.9 Å². The first-order valence-corrected chi connectivity index (χ1v) is 7.74. The second kappa shape index (κ2) is 5.68. The summed E-state index contributed by atoms with van der Waals surface area (Å²) in [7, 11) is 1.49. The van der Waals surface area contributed by atoms with Crippen LogP contribution < -0.4 is 0 Å². The fourth-order valence-electron chi connectivity index (χ4n) is 3.87. The Morgan fingerprint density at radius 1 is 1.39 bits per heavy atom. The first-order valence-electron chi connectivity index (χ1n) is 7.74. The van der Waals surface area contributed by atoms with Gasteiger partial charge in [-0.1, -0.05) is 0 Å². The second-order valence-corrected chi connectivity index (χ2v) is 6.70. The van der Waals surface area contributed by atoms with E-state index in [0.29, 0.717) is 25.9 Å². The monoisotopic (exact) mass is 338 g/mol. The van der Waals surface area contributed by atoms with Crippen LogP contribution in [0.3, 0.4) is 0 Å². The van der Waals surface area contributed by atoms with Crippen LogP contribution in [0.5, 0.6) is 0 Å². The highest BCUT2D eigenvalue weighted by Crippen LogP contribution is 2.58. The summed E-state index contributed by atoms with van der Waals surface area (Å²) in [4.78, 5) is 12.1. The molecule has 1 aliphatic carbocycles. The molecule has 0 unspecified atom stereocenters. The molecule has 0 bridgehead atoms. The van der Waals surface area contributed by atoms with E-state index < -0.39 is 24.5 Å². The van der Waals surface area contributed by atoms with Crippen molar-refractivity contribution in [2.24, 2.45) is 5.92 Å². The zero-order valence-corrected chi connectivity index (χ0v) is 13.1. The molecule has 0 amide bonds. The highest BCUT2D eigenvalue weighted by molar-refractivity contribution is 5.85. The van der Waals surface area contributed by atoms with Crippen LogP contribution in [0.15, 0.2) is 0 Å². The molecule has 3 rings (SSSR count). The van der Waals surface area contributed by atoms with Gasteiger partial charge in [-0.3, -0.25) is 4.79 Å². The second-order valence-electron chi connectivity index (χ2n) is 6.70. The minimum Gasteiger partial charge on any atom is -0.373 e. The number of halogens is 3. The Bertz CT molecular complexity index is 476. The fourth-order valence-corrected chi connectivity index (χ4v) is 3.87. The van der Waals surface area contributed by atoms with Gasteiger partial charge in [0.2, 0.25) is 0 Å². The maximum atomic E-state index is 12.1. The minimum atomic E-state index is -4.32. The summed E-state index contributed by atoms with van der Waals surface area (Å²) in [6.45, 7) is 1.15. The van der Waals surface area contributed by atoms with E-state index in [1.54, 1.807) is 0 Å². The number of carbonyl (C=O) groups excluding carboxylic acids is 1. The Morgan fingerprint density at radius 3 is 2.65 bits per heavy atom. The molecule has 1 spiro atoms. The van der Waals surface area contributed by atoms with E-state index in [0.717, 1.165) is 0 Å². The van der Waals surface area contributed by atoms with Gasteiger partial charge in [-0.25, -0.2) is 0 Å². The molecule has 2 saturated heterocycles. The fraction of sp³-hybridized carbons (Fsp3) is 0.933. The summed E-state index contributed by atoms with van der Waals surface area (Å²) in [5, 5.41) is 0. The van der Waals surface area contributed by atoms with Crippen LogP contribution in [0.4, 0.5) is 13.2 Å². The third-order valence-electron chi connectivity index (χ3n) is 5.14. The van der Waals surface area contributed by atoms with Gasteiger partial charge in [-0.15, -0.1) is 0 Å². The maximum absolute atomic E-state index is 12.1. The highest BCUT2D eigenvalue weighted by Gasteiger charge is 2.71. The largest absolute Gasteiger partial charge is 0.411 e. The molecule has 0 radical (unpaired) electrons. The number of rotatable bonds is 6. The Labute approximate surface area is 132 Å². The van der Waals surface area contributed by atoms with Crippen molar-refractivity contribution in [3.63, 3.8) is 0 Å². The lowest BCUT2D eigenvalue weighted by atomic mass is 9.69. The van der Waals surface area contributed by atoms with Crippen molar-refractivity contribution in [2.45, 2.75) is 55.8 Å². The predicted octanol–water partition coefficient (Wildman–Crippen LogP) is 1.88. The van der Waals surface area contributed by atoms with Gasteiger partial charge >= 0.3 is 6.18 Å². The molecule has 0 aromatic rings. The first kappa shape index (κ1) is 17.1.